The standard InChI is InChI=1S/C19H27NO3/c1-14-6-7-15(12-21)11-20(14)19(22)13-23-18-9-8-16-4-2-3-5-17(16)10-18/h8-10,14-15,21H,2-7,11-13H2,1H3. The molecule has 0 bridgehead atoms. The fourth-order valence-corrected chi connectivity index (χ4v) is 3.71. The smallest absolute Gasteiger partial charge is 0.260 e. The average molecular weight is 317 g/mol. The third kappa shape index (κ3) is 3.86. The number of nitrogens with zero attached hydrogens (tertiary/aromatic N) is 1. The number of ether oxygens (including phenoxy) is 1. The van der Waals surface area contributed by atoms with Crippen molar-refractivity contribution in [1.29, 1.82) is 0 Å². The van der Waals surface area contributed by atoms with Crippen molar-refractivity contribution in [3.05, 3.63) is 29.3 Å². The summed E-state index contributed by atoms with van der Waals surface area (Å²) < 4.78 is 5.75. The second kappa shape index (κ2) is 7.35. The molecule has 1 heterocycles. The van der Waals surface area contributed by atoms with Crippen molar-refractivity contribution >= 4 is 5.91 Å². The highest BCUT2D eigenvalue weighted by Crippen LogP contribution is 2.26. The maximum atomic E-state index is 12.5. The molecule has 3 rings (SSSR count). The lowest BCUT2D eigenvalue weighted by Crippen LogP contribution is -2.48. The number of carbonyl (C=O) groups excluding carboxylic acids is 1. The highest BCUT2D eigenvalue weighted by atomic mass is 16.5. The largest absolute Gasteiger partial charge is 0.484 e. The van der Waals surface area contributed by atoms with E-state index in [0.29, 0.717) is 6.54 Å². The quantitative estimate of drug-likeness (QED) is 0.928. The highest BCUT2D eigenvalue weighted by molar-refractivity contribution is 5.78. The van der Waals surface area contributed by atoms with Gasteiger partial charge in [-0.2, -0.15) is 0 Å². The fraction of sp³-hybridized carbons (Fsp3) is 0.632. The number of amides is 1. The van der Waals surface area contributed by atoms with Gasteiger partial charge in [0, 0.05) is 19.2 Å². The van der Waals surface area contributed by atoms with Crippen LogP contribution in [0.25, 0.3) is 0 Å². The van der Waals surface area contributed by atoms with E-state index >= 15 is 0 Å². The Morgan fingerprint density at radius 1 is 1.26 bits per heavy atom. The first-order valence-corrected chi connectivity index (χ1v) is 8.82. The monoisotopic (exact) mass is 317 g/mol. The van der Waals surface area contributed by atoms with Gasteiger partial charge < -0.3 is 14.7 Å². The minimum Gasteiger partial charge on any atom is -0.484 e. The van der Waals surface area contributed by atoms with Gasteiger partial charge >= 0.3 is 0 Å². The highest BCUT2D eigenvalue weighted by Gasteiger charge is 2.28. The third-order valence-corrected chi connectivity index (χ3v) is 5.24. The van der Waals surface area contributed by atoms with Gasteiger partial charge in [-0.3, -0.25) is 4.79 Å². The summed E-state index contributed by atoms with van der Waals surface area (Å²) in [7, 11) is 0. The molecule has 1 aliphatic carbocycles. The van der Waals surface area contributed by atoms with Gasteiger partial charge in [0.2, 0.25) is 0 Å². The van der Waals surface area contributed by atoms with E-state index in [-0.39, 0.29) is 31.1 Å². The molecule has 1 aliphatic heterocycles. The number of carbonyl (C=O) groups is 1. The van der Waals surface area contributed by atoms with Crippen LogP contribution in [0.3, 0.4) is 0 Å². The van der Waals surface area contributed by atoms with Gasteiger partial charge in [0.15, 0.2) is 6.61 Å². The summed E-state index contributed by atoms with van der Waals surface area (Å²) in [6.07, 6.45) is 6.72. The van der Waals surface area contributed by atoms with Crippen LogP contribution in [-0.2, 0) is 17.6 Å². The molecule has 1 aromatic carbocycles. The molecular formula is C19H27NO3. The Morgan fingerprint density at radius 2 is 2.04 bits per heavy atom. The number of aryl methyl sites for hydroxylation is 2. The molecule has 4 heteroatoms. The van der Waals surface area contributed by atoms with Crippen LogP contribution in [-0.4, -0.2) is 41.7 Å². The zero-order valence-electron chi connectivity index (χ0n) is 14.0. The Morgan fingerprint density at radius 3 is 2.83 bits per heavy atom. The number of hydrogen-bond acceptors (Lipinski definition) is 3. The number of fused-ring (bicyclic) bond motifs is 1. The van der Waals surface area contributed by atoms with Gasteiger partial charge in [-0.1, -0.05) is 6.07 Å². The molecular weight excluding hydrogens is 290 g/mol. The number of hydrogen-bond donors (Lipinski definition) is 1. The first-order chi connectivity index (χ1) is 11.2. The zero-order valence-corrected chi connectivity index (χ0v) is 14.0. The van der Waals surface area contributed by atoms with Gasteiger partial charge in [-0.25, -0.2) is 0 Å². The van der Waals surface area contributed by atoms with E-state index in [4.69, 9.17) is 4.74 Å². The molecule has 2 unspecified atom stereocenters. The third-order valence-electron chi connectivity index (χ3n) is 5.24. The molecule has 1 N–H and O–H groups in total. The Balaban J connectivity index is 1.58. The van der Waals surface area contributed by atoms with Crippen molar-refractivity contribution in [2.75, 3.05) is 19.8 Å². The summed E-state index contributed by atoms with van der Waals surface area (Å²) >= 11 is 0. The second-order valence-corrected chi connectivity index (χ2v) is 6.95. The molecule has 1 fully saturated rings. The SMILES string of the molecule is CC1CCC(CO)CN1C(=O)COc1ccc2c(c1)CCCC2. The van der Waals surface area contributed by atoms with Crippen molar-refractivity contribution in [2.24, 2.45) is 5.92 Å². The number of piperidine rings is 1. The topological polar surface area (TPSA) is 49.8 Å². The summed E-state index contributed by atoms with van der Waals surface area (Å²) in [5.74, 6) is 1.02. The molecule has 4 nitrogen and oxygen atoms in total. The summed E-state index contributed by atoms with van der Waals surface area (Å²) in [4.78, 5) is 14.3. The van der Waals surface area contributed by atoms with E-state index in [9.17, 15) is 9.90 Å². The van der Waals surface area contributed by atoms with Crippen LogP contribution in [0, 0.1) is 5.92 Å². The van der Waals surface area contributed by atoms with Crippen molar-refractivity contribution in [3.8, 4) is 5.75 Å². The molecule has 0 saturated carbocycles. The normalized spacial score (nSPS) is 24.2. The van der Waals surface area contributed by atoms with Gasteiger partial charge in [0.05, 0.1) is 0 Å². The van der Waals surface area contributed by atoms with Crippen LogP contribution in [0.5, 0.6) is 5.75 Å². The van der Waals surface area contributed by atoms with Crippen molar-refractivity contribution in [1.82, 2.24) is 4.90 Å². The molecule has 0 radical (unpaired) electrons. The van der Waals surface area contributed by atoms with E-state index in [1.807, 2.05) is 11.0 Å². The van der Waals surface area contributed by atoms with E-state index in [1.54, 1.807) is 0 Å². The van der Waals surface area contributed by atoms with Crippen LogP contribution in [0.1, 0.15) is 43.7 Å². The zero-order chi connectivity index (χ0) is 16.2. The van der Waals surface area contributed by atoms with Crippen molar-refractivity contribution < 1.29 is 14.6 Å². The lowest BCUT2D eigenvalue weighted by molar-refractivity contribution is -0.138. The molecule has 1 saturated heterocycles. The van der Waals surface area contributed by atoms with Crippen molar-refractivity contribution in [2.45, 2.75) is 51.5 Å². The summed E-state index contributed by atoms with van der Waals surface area (Å²) in [5, 5.41) is 9.33. The number of aliphatic hydroxyl groups is 1. The molecule has 23 heavy (non-hydrogen) atoms. The Labute approximate surface area is 138 Å². The molecule has 126 valence electrons. The summed E-state index contributed by atoms with van der Waals surface area (Å²) in [6.45, 7) is 2.96. The molecule has 1 amide bonds. The van der Waals surface area contributed by atoms with E-state index < -0.39 is 0 Å². The maximum absolute atomic E-state index is 12.5. The molecule has 2 aliphatic rings. The molecule has 0 spiro atoms. The number of likely N-dealkylation sites (tertiary alicyclic amines) is 1. The van der Waals surface area contributed by atoms with E-state index in [1.165, 1.54) is 24.0 Å². The van der Waals surface area contributed by atoms with Gasteiger partial charge in [0.1, 0.15) is 5.75 Å². The number of benzene rings is 1. The average Bonchev–Trinajstić information content (AvgIpc) is 2.60. The number of aliphatic hydroxyl groups excluding tert-OH is 1. The van der Waals surface area contributed by atoms with Crippen LogP contribution in [0.2, 0.25) is 0 Å². The van der Waals surface area contributed by atoms with Gasteiger partial charge in [-0.05, 0) is 74.6 Å². The van der Waals surface area contributed by atoms with Crippen LogP contribution >= 0.6 is 0 Å². The first kappa shape index (κ1) is 16.3. The van der Waals surface area contributed by atoms with Crippen LogP contribution in [0.4, 0.5) is 0 Å². The Bertz CT molecular complexity index is 558. The molecule has 2 atom stereocenters. The van der Waals surface area contributed by atoms with E-state index in [0.717, 1.165) is 31.4 Å². The Hall–Kier alpha value is -1.55. The summed E-state index contributed by atoms with van der Waals surface area (Å²) in [5.41, 5.74) is 2.79. The van der Waals surface area contributed by atoms with Crippen LogP contribution < -0.4 is 4.74 Å². The number of rotatable bonds is 4. The minimum absolute atomic E-state index is 0.0216. The molecule has 1 aromatic rings. The fourth-order valence-electron chi connectivity index (χ4n) is 3.71. The first-order valence-electron chi connectivity index (χ1n) is 8.82. The second-order valence-electron chi connectivity index (χ2n) is 6.95. The van der Waals surface area contributed by atoms with Gasteiger partial charge in [-0.15, -0.1) is 0 Å². The predicted molar refractivity (Wildman–Crippen MR) is 89.6 cm³/mol. The van der Waals surface area contributed by atoms with Crippen molar-refractivity contribution in [3.63, 3.8) is 0 Å². The Kier molecular flexibility index (Phi) is 5.21. The van der Waals surface area contributed by atoms with Gasteiger partial charge in [0.25, 0.3) is 5.91 Å². The summed E-state index contributed by atoms with van der Waals surface area (Å²) in [6, 6.07) is 6.45. The maximum Gasteiger partial charge on any atom is 0.260 e. The minimum atomic E-state index is 0.0216. The van der Waals surface area contributed by atoms with Crippen LogP contribution in [0.15, 0.2) is 18.2 Å². The lowest BCUT2D eigenvalue weighted by Gasteiger charge is -2.37. The molecule has 0 aromatic heterocycles. The van der Waals surface area contributed by atoms with E-state index in [2.05, 4.69) is 19.1 Å². The lowest BCUT2D eigenvalue weighted by atomic mass is 9.92. The predicted octanol–water partition coefficient (Wildman–Crippen LogP) is 2.56.